The standard InChI is InChI=1S/C41H45N3O8/c1-40(2)50-28-31-24-30(16-19-37(31)51-40)36(45)26-42-21-20-29-14-17-34(18-15-29)49-23-9-22-44(39(46)47)27-35-25-38(43-52-35)41(48,32-10-5-3-6-11-32)33-12-7-4-8-13-33/h3-8,10-19,24-25,36,42,45,48H,9,20-23,26-28H2,1-2H3,(H,46,47)/t36-/m0/s1. The van der Waals surface area contributed by atoms with E-state index < -0.39 is 23.6 Å². The highest BCUT2D eigenvalue weighted by Gasteiger charge is 2.37. The first-order valence-electron chi connectivity index (χ1n) is 17.4. The minimum absolute atomic E-state index is 0.0303. The second-order valence-electron chi connectivity index (χ2n) is 13.3. The first kappa shape index (κ1) is 36.6. The maximum atomic E-state index is 12.1. The predicted octanol–water partition coefficient (Wildman–Crippen LogP) is 6.42. The third-order valence-corrected chi connectivity index (χ3v) is 9.02. The van der Waals surface area contributed by atoms with Crippen LogP contribution in [0, 0.1) is 0 Å². The topological polar surface area (TPSA) is 147 Å². The van der Waals surface area contributed by atoms with Crippen molar-refractivity contribution in [3.8, 4) is 11.5 Å². The van der Waals surface area contributed by atoms with E-state index in [0.717, 1.165) is 28.9 Å². The molecule has 0 saturated heterocycles. The molecule has 1 aromatic heterocycles. The van der Waals surface area contributed by atoms with Crippen LogP contribution in [-0.2, 0) is 29.9 Å². The average molecular weight is 708 g/mol. The van der Waals surface area contributed by atoms with Crippen molar-refractivity contribution in [2.24, 2.45) is 0 Å². The number of benzene rings is 4. The van der Waals surface area contributed by atoms with Crippen molar-refractivity contribution in [2.75, 3.05) is 26.2 Å². The molecule has 11 heteroatoms. The number of carbonyl (C=O) groups is 1. The maximum Gasteiger partial charge on any atom is 0.407 e. The SMILES string of the molecule is CC1(C)OCc2cc([C@@H](O)CNCCc3ccc(OCCCN(Cc4cc(C(O)(c5ccccc5)c5ccccc5)no4)C(=O)O)cc3)ccc2O1. The number of ether oxygens (including phenoxy) is 3. The Morgan fingerprint density at radius 1 is 0.981 bits per heavy atom. The van der Waals surface area contributed by atoms with E-state index in [1.54, 1.807) is 6.07 Å². The molecule has 0 saturated carbocycles. The fourth-order valence-corrected chi connectivity index (χ4v) is 6.16. The van der Waals surface area contributed by atoms with Gasteiger partial charge in [0.1, 0.15) is 17.2 Å². The van der Waals surface area contributed by atoms with Gasteiger partial charge in [0.15, 0.2) is 11.4 Å². The van der Waals surface area contributed by atoms with Crippen LogP contribution in [0.5, 0.6) is 11.5 Å². The molecule has 6 rings (SSSR count). The Balaban J connectivity index is 0.937. The second-order valence-corrected chi connectivity index (χ2v) is 13.3. The number of nitrogens with zero attached hydrogens (tertiary/aromatic N) is 2. The van der Waals surface area contributed by atoms with Gasteiger partial charge in [-0.2, -0.15) is 0 Å². The molecule has 0 fully saturated rings. The molecule has 0 spiro atoms. The third kappa shape index (κ3) is 8.99. The van der Waals surface area contributed by atoms with Gasteiger partial charge in [0.25, 0.3) is 0 Å². The largest absolute Gasteiger partial charge is 0.494 e. The van der Waals surface area contributed by atoms with Crippen LogP contribution in [0.3, 0.4) is 0 Å². The number of carboxylic acid groups (broad SMARTS) is 1. The van der Waals surface area contributed by atoms with Gasteiger partial charge in [-0.3, -0.25) is 0 Å². The summed E-state index contributed by atoms with van der Waals surface area (Å²) in [7, 11) is 0. The van der Waals surface area contributed by atoms with Crippen LogP contribution in [0.1, 0.15) is 65.6 Å². The van der Waals surface area contributed by atoms with Gasteiger partial charge < -0.3 is 44.3 Å². The van der Waals surface area contributed by atoms with E-state index in [9.17, 15) is 20.1 Å². The van der Waals surface area contributed by atoms with Crippen molar-refractivity contribution in [3.05, 3.63) is 148 Å². The Hall–Kier alpha value is -5.20. The minimum Gasteiger partial charge on any atom is -0.494 e. The Morgan fingerprint density at radius 3 is 2.35 bits per heavy atom. The van der Waals surface area contributed by atoms with Crippen molar-refractivity contribution in [3.63, 3.8) is 0 Å². The number of aromatic nitrogens is 1. The number of fused-ring (bicyclic) bond motifs is 1. The highest BCUT2D eigenvalue weighted by atomic mass is 16.7. The summed E-state index contributed by atoms with van der Waals surface area (Å²) < 4.78 is 23.0. The molecule has 272 valence electrons. The average Bonchev–Trinajstić information content (AvgIpc) is 3.64. The smallest absolute Gasteiger partial charge is 0.407 e. The van der Waals surface area contributed by atoms with Gasteiger partial charge >= 0.3 is 6.09 Å². The van der Waals surface area contributed by atoms with E-state index in [1.807, 2.05) is 117 Å². The number of hydrogen-bond acceptors (Lipinski definition) is 9. The number of hydrogen-bond donors (Lipinski definition) is 4. The number of aliphatic hydroxyl groups is 2. The summed E-state index contributed by atoms with van der Waals surface area (Å²) in [5, 5.41) is 40.0. The van der Waals surface area contributed by atoms with Crippen LogP contribution >= 0.6 is 0 Å². The normalized spacial score (nSPS) is 14.2. The molecule has 5 aromatic rings. The molecule has 1 aliphatic heterocycles. The molecule has 4 N–H and O–H groups in total. The van der Waals surface area contributed by atoms with Crippen molar-refractivity contribution >= 4 is 6.09 Å². The molecule has 0 bridgehead atoms. The molecular formula is C41H45N3O8. The van der Waals surface area contributed by atoms with E-state index in [0.29, 0.717) is 55.4 Å². The number of rotatable bonds is 16. The molecule has 1 aliphatic rings. The molecule has 0 unspecified atom stereocenters. The van der Waals surface area contributed by atoms with Gasteiger partial charge in [-0.15, -0.1) is 0 Å². The predicted molar refractivity (Wildman–Crippen MR) is 194 cm³/mol. The van der Waals surface area contributed by atoms with Gasteiger partial charge in [-0.1, -0.05) is 84.0 Å². The molecular weight excluding hydrogens is 662 g/mol. The monoisotopic (exact) mass is 707 g/mol. The second kappa shape index (κ2) is 16.4. The zero-order chi connectivity index (χ0) is 36.6. The van der Waals surface area contributed by atoms with Crippen LogP contribution in [0.2, 0.25) is 0 Å². The zero-order valence-electron chi connectivity index (χ0n) is 29.4. The van der Waals surface area contributed by atoms with Crippen molar-refractivity contribution in [2.45, 2.75) is 57.3 Å². The van der Waals surface area contributed by atoms with E-state index in [-0.39, 0.29) is 18.8 Å². The summed E-state index contributed by atoms with van der Waals surface area (Å²) in [6.45, 7) is 5.82. The van der Waals surface area contributed by atoms with Crippen molar-refractivity contribution < 1.29 is 38.8 Å². The van der Waals surface area contributed by atoms with Crippen molar-refractivity contribution in [1.82, 2.24) is 15.4 Å². The molecule has 4 aromatic carbocycles. The van der Waals surface area contributed by atoms with Crippen LogP contribution in [0.25, 0.3) is 0 Å². The highest BCUT2D eigenvalue weighted by molar-refractivity contribution is 5.64. The summed E-state index contributed by atoms with van der Waals surface area (Å²) in [5.41, 5.74) is 2.79. The van der Waals surface area contributed by atoms with E-state index >= 15 is 0 Å². The first-order valence-corrected chi connectivity index (χ1v) is 17.4. The molecule has 1 amide bonds. The highest BCUT2D eigenvalue weighted by Crippen LogP contribution is 2.36. The number of aliphatic hydroxyl groups excluding tert-OH is 1. The molecule has 2 heterocycles. The quantitative estimate of drug-likeness (QED) is 0.0848. The van der Waals surface area contributed by atoms with Crippen LogP contribution < -0.4 is 14.8 Å². The lowest BCUT2D eigenvalue weighted by Crippen LogP contribution is -2.35. The lowest BCUT2D eigenvalue weighted by Gasteiger charge is -2.33. The van der Waals surface area contributed by atoms with E-state index in [1.165, 1.54) is 4.90 Å². The molecule has 52 heavy (non-hydrogen) atoms. The Labute approximate surface area is 303 Å². The fraction of sp³-hybridized carbons (Fsp3) is 0.317. The number of amides is 1. The van der Waals surface area contributed by atoms with Crippen LogP contribution in [0.4, 0.5) is 4.79 Å². The van der Waals surface area contributed by atoms with Gasteiger partial charge in [0.2, 0.25) is 5.79 Å². The van der Waals surface area contributed by atoms with E-state index in [4.69, 9.17) is 18.7 Å². The molecule has 11 nitrogen and oxygen atoms in total. The molecule has 0 aliphatic carbocycles. The molecule has 0 radical (unpaired) electrons. The van der Waals surface area contributed by atoms with Crippen molar-refractivity contribution in [1.29, 1.82) is 0 Å². The lowest BCUT2D eigenvalue weighted by molar-refractivity contribution is -0.180. The van der Waals surface area contributed by atoms with E-state index in [2.05, 4.69) is 10.5 Å². The van der Waals surface area contributed by atoms with Crippen LogP contribution in [-0.4, -0.2) is 63.5 Å². The fourth-order valence-electron chi connectivity index (χ4n) is 6.16. The maximum absolute atomic E-state index is 12.1. The first-order chi connectivity index (χ1) is 25.1. The Kier molecular flexibility index (Phi) is 11.6. The third-order valence-electron chi connectivity index (χ3n) is 9.02. The summed E-state index contributed by atoms with van der Waals surface area (Å²) in [5.74, 6) is 1.14. The Bertz CT molecular complexity index is 1860. The Morgan fingerprint density at radius 2 is 1.67 bits per heavy atom. The lowest BCUT2D eigenvalue weighted by atomic mass is 9.83. The summed E-state index contributed by atoms with van der Waals surface area (Å²) in [6, 6.07) is 33.4. The zero-order valence-corrected chi connectivity index (χ0v) is 29.4. The van der Waals surface area contributed by atoms with Gasteiger partial charge in [0.05, 0.1) is 25.9 Å². The van der Waals surface area contributed by atoms with Gasteiger partial charge in [-0.25, -0.2) is 4.79 Å². The summed E-state index contributed by atoms with van der Waals surface area (Å²) in [6.07, 6.45) is -0.512. The van der Waals surface area contributed by atoms with Gasteiger partial charge in [0, 0.05) is 38.6 Å². The number of nitrogens with one attached hydrogen (secondary N) is 1. The van der Waals surface area contributed by atoms with Gasteiger partial charge in [-0.05, 0) is 65.9 Å². The van der Waals surface area contributed by atoms with Crippen LogP contribution in [0.15, 0.2) is 114 Å². The minimum atomic E-state index is -1.58. The summed E-state index contributed by atoms with van der Waals surface area (Å²) >= 11 is 0. The summed E-state index contributed by atoms with van der Waals surface area (Å²) in [4.78, 5) is 13.3. The molecule has 1 atom stereocenters.